The third kappa shape index (κ3) is 0.959. The van der Waals surface area contributed by atoms with Crippen molar-refractivity contribution in [1.29, 1.82) is 0 Å². The second kappa shape index (κ2) is 2.34. The number of amides is 1. The van der Waals surface area contributed by atoms with E-state index in [0.29, 0.717) is 0 Å². The highest BCUT2D eigenvalue weighted by molar-refractivity contribution is 5.87. The van der Waals surface area contributed by atoms with Gasteiger partial charge in [0.2, 0.25) is 0 Å². The van der Waals surface area contributed by atoms with Crippen LogP contribution in [0.4, 0.5) is 0 Å². The zero-order valence-electron chi connectivity index (χ0n) is 6.30. The number of rotatable bonds is 0. The van der Waals surface area contributed by atoms with E-state index in [1.165, 1.54) is 0 Å². The minimum atomic E-state index is -0.505. The van der Waals surface area contributed by atoms with Gasteiger partial charge in [0, 0.05) is 13.0 Å². The highest BCUT2D eigenvalue weighted by Gasteiger charge is 2.42. The van der Waals surface area contributed by atoms with E-state index in [1.807, 2.05) is 6.08 Å². The monoisotopic (exact) mass is 153 g/mol. The number of ether oxygens (including phenoxy) is 1. The summed E-state index contributed by atoms with van der Waals surface area (Å²) in [7, 11) is 0. The van der Waals surface area contributed by atoms with Gasteiger partial charge < -0.3 is 10.1 Å². The lowest BCUT2D eigenvalue weighted by molar-refractivity contribution is -0.140. The van der Waals surface area contributed by atoms with Gasteiger partial charge in [-0.15, -0.1) is 0 Å². The Morgan fingerprint density at radius 1 is 1.64 bits per heavy atom. The largest absolute Gasteiger partial charge is 0.365 e. The molecule has 0 saturated carbocycles. The topological polar surface area (TPSA) is 38.3 Å². The summed E-state index contributed by atoms with van der Waals surface area (Å²) in [5.41, 5.74) is -0.505. The summed E-state index contributed by atoms with van der Waals surface area (Å²) < 4.78 is 5.43. The minimum absolute atomic E-state index is 0.0255. The summed E-state index contributed by atoms with van der Waals surface area (Å²) in [5, 5.41) is 2.67. The van der Waals surface area contributed by atoms with Crippen molar-refractivity contribution in [1.82, 2.24) is 5.32 Å². The highest BCUT2D eigenvalue weighted by atomic mass is 16.5. The summed E-state index contributed by atoms with van der Waals surface area (Å²) >= 11 is 0. The maximum atomic E-state index is 11.3. The third-order valence-corrected chi connectivity index (χ3v) is 2.30. The maximum absolute atomic E-state index is 11.3. The maximum Gasteiger partial charge on any atom is 0.256 e. The van der Waals surface area contributed by atoms with E-state index in [2.05, 4.69) is 5.32 Å². The van der Waals surface area contributed by atoms with Gasteiger partial charge in [-0.05, 0) is 19.0 Å². The summed E-state index contributed by atoms with van der Waals surface area (Å²) in [5.74, 6) is 0.0255. The van der Waals surface area contributed by atoms with Crippen LogP contribution < -0.4 is 5.32 Å². The second-order valence-corrected chi connectivity index (χ2v) is 3.03. The van der Waals surface area contributed by atoms with Crippen LogP contribution >= 0.6 is 0 Å². The molecule has 0 aromatic rings. The molecule has 0 aromatic carbocycles. The van der Waals surface area contributed by atoms with Gasteiger partial charge in [0.1, 0.15) is 0 Å². The Labute approximate surface area is 65.4 Å². The fourth-order valence-electron chi connectivity index (χ4n) is 1.65. The van der Waals surface area contributed by atoms with Gasteiger partial charge in [-0.3, -0.25) is 4.79 Å². The number of hydrogen-bond acceptors (Lipinski definition) is 2. The van der Waals surface area contributed by atoms with Crippen molar-refractivity contribution in [2.24, 2.45) is 0 Å². The van der Waals surface area contributed by atoms with Crippen molar-refractivity contribution in [3.05, 3.63) is 12.3 Å². The minimum Gasteiger partial charge on any atom is -0.365 e. The van der Waals surface area contributed by atoms with Crippen LogP contribution in [0.1, 0.15) is 19.3 Å². The van der Waals surface area contributed by atoms with Gasteiger partial charge in [-0.25, -0.2) is 0 Å². The predicted octanol–water partition coefficient (Wildman–Crippen LogP) is 0.569. The lowest BCUT2D eigenvalue weighted by Crippen LogP contribution is -2.46. The second-order valence-electron chi connectivity index (χ2n) is 3.03. The zero-order valence-corrected chi connectivity index (χ0v) is 6.30. The average Bonchev–Trinajstić information content (AvgIpc) is 2.46. The fourth-order valence-corrected chi connectivity index (χ4v) is 1.65. The zero-order chi connectivity index (χ0) is 7.73. The third-order valence-electron chi connectivity index (χ3n) is 2.30. The van der Waals surface area contributed by atoms with Crippen molar-refractivity contribution in [3.8, 4) is 0 Å². The summed E-state index contributed by atoms with van der Waals surface area (Å²) in [6.45, 7) is 0.723. The molecule has 2 heterocycles. The molecule has 0 aliphatic carbocycles. The van der Waals surface area contributed by atoms with Crippen molar-refractivity contribution < 1.29 is 9.53 Å². The summed E-state index contributed by atoms with van der Waals surface area (Å²) in [4.78, 5) is 11.3. The molecule has 1 fully saturated rings. The van der Waals surface area contributed by atoms with Crippen LogP contribution in [0.15, 0.2) is 12.3 Å². The van der Waals surface area contributed by atoms with Crippen LogP contribution in [0.2, 0.25) is 0 Å². The first-order valence-corrected chi connectivity index (χ1v) is 3.93. The Balaban J connectivity index is 2.22. The molecular formula is C8H11NO2. The number of hydrogen-bond donors (Lipinski definition) is 1. The lowest BCUT2D eigenvalue weighted by atomic mass is 9.93. The van der Waals surface area contributed by atoms with Crippen LogP contribution in [0.3, 0.4) is 0 Å². The van der Waals surface area contributed by atoms with E-state index >= 15 is 0 Å². The molecule has 60 valence electrons. The van der Waals surface area contributed by atoms with Crippen LogP contribution in [-0.2, 0) is 9.53 Å². The smallest absolute Gasteiger partial charge is 0.256 e. The molecule has 2 aliphatic rings. The number of carbonyl (C=O) groups is 1. The van der Waals surface area contributed by atoms with Gasteiger partial charge in [-0.1, -0.05) is 6.08 Å². The van der Waals surface area contributed by atoms with Gasteiger partial charge in [0.15, 0.2) is 5.60 Å². The molecular weight excluding hydrogens is 142 g/mol. The molecule has 0 aromatic heterocycles. The van der Waals surface area contributed by atoms with Crippen LogP contribution in [0, 0.1) is 0 Å². The van der Waals surface area contributed by atoms with Gasteiger partial charge in [-0.2, -0.15) is 0 Å². The number of carbonyl (C=O) groups excluding carboxylic acids is 1. The molecule has 3 nitrogen and oxygen atoms in total. The SMILES string of the molecule is O=C1NC=CCC12CCCO2. The van der Waals surface area contributed by atoms with Gasteiger partial charge in [0.05, 0.1) is 0 Å². The van der Waals surface area contributed by atoms with Crippen LogP contribution in [0.5, 0.6) is 0 Å². The molecule has 1 spiro atoms. The first kappa shape index (κ1) is 6.85. The quantitative estimate of drug-likeness (QED) is 0.552. The Bertz CT molecular complexity index is 204. The standard InChI is InChI=1S/C8H11NO2/c10-7-8(3-1-5-9-7)4-2-6-11-8/h1,5H,2-4,6H2,(H,9,10). The van der Waals surface area contributed by atoms with Crippen molar-refractivity contribution in [3.63, 3.8) is 0 Å². The van der Waals surface area contributed by atoms with E-state index in [-0.39, 0.29) is 5.91 Å². The molecule has 0 radical (unpaired) electrons. The van der Waals surface area contributed by atoms with E-state index < -0.39 is 5.60 Å². The predicted molar refractivity (Wildman–Crippen MR) is 39.8 cm³/mol. The van der Waals surface area contributed by atoms with E-state index in [9.17, 15) is 4.79 Å². The molecule has 1 saturated heterocycles. The van der Waals surface area contributed by atoms with Gasteiger partial charge in [0.25, 0.3) is 5.91 Å². The molecule has 2 rings (SSSR count). The molecule has 1 unspecified atom stereocenters. The van der Waals surface area contributed by atoms with Crippen molar-refractivity contribution >= 4 is 5.91 Å². The average molecular weight is 153 g/mol. The van der Waals surface area contributed by atoms with Crippen LogP contribution in [-0.4, -0.2) is 18.1 Å². The molecule has 1 amide bonds. The molecule has 0 bridgehead atoms. The fraction of sp³-hybridized carbons (Fsp3) is 0.625. The van der Waals surface area contributed by atoms with Crippen molar-refractivity contribution in [2.75, 3.05) is 6.61 Å². The Morgan fingerprint density at radius 3 is 3.18 bits per heavy atom. The number of nitrogens with one attached hydrogen (secondary N) is 1. The van der Waals surface area contributed by atoms with E-state index in [0.717, 1.165) is 25.9 Å². The molecule has 1 atom stereocenters. The van der Waals surface area contributed by atoms with Gasteiger partial charge >= 0.3 is 0 Å². The Kier molecular flexibility index (Phi) is 1.46. The molecule has 2 aliphatic heterocycles. The normalized spacial score (nSPS) is 36.2. The molecule has 11 heavy (non-hydrogen) atoms. The Morgan fingerprint density at radius 2 is 2.55 bits per heavy atom. The Hall–Kier alpha value is -0.830. The first-order valence-electron chi connectivity index (χ1n) is 3.93. The first-order chi connectivity index (χ1) is 5.33. The summed E-state index contributed by atoms with van der Waals surface area (Å²) in [6, 6.07) is 0. The summed E-state index contributed by atoms with van der Waals surface area (Å²) in [6.07, 6.45) is 6.24. The highest BCUT2D eigenvalue weighted by Crippen LogP contribution is 2.31. The van der Waals surface area contributed by atoms with E-state index in [1.54, 1.807) is 6.20 Å². The molecule has 1 N–H and O–H groups in total. The van der Waals surface area contributed by atoms with E-state index in [4.69, 9.17) is 4.74 Å². The van der Waals surface area contributed by atoms with Crippen LogP contribution in [0.25, 0.3) is 0 Å². The molecule has 3 heteroatoms. The lowest BCUT2D eigenvalue weighted by Gasteiger charge is -2.27. The van der Waals surface area contributed by atoms with Crippen molar-refractivity contribution in [2.45, 2.75) is 24.9 Å².